The van der Waals surface area contributed by atoms with Crippen molar-refractivity contribution in [3.63, 3.8) is 0 Å². The van der Waals surface area contributed by atoms with E-state index in [4.69, 9.17) is 5.73 Å². The number of aromatic nitrogens is 1. The molecule has 1 aromatic heterocycles. The zero-order valence-corrected chi connectivity index (χ0v) is 12.5. The molecule has 0 aliphatic carbocycles. The molecule has 0 radical (unpaired) electrons. The molecule has 0 bridgehead atoms. The summed E-state index contributed by atoms with van der Waals surface area (Å²) in [7, 11) is 2.11. The highest BCUT2D eigenvalue weighted by molar-refractivity contribution is 7.22. The van der Waals surface area contributed by atoms with Crippen molar-refractivity contribution >= 4 is 32.4 Å². The summed E-state index contributed by atoms with van der Waals surface area (Å²) in [6, 6.07) is 6.31. The van der Waals surface area contributed by atoms with Crippen molar-refractivity contribution in [3.8, 4) is 0 Å². The number of hydrogen-bond donors (Lipinski definition) is 1. The Hall–Kier alpha value is -1.29. The van der Waals surface area contributed by atoms with Crippen LogP contribution in [0.1, 0.15) is 27.7 Å². The van der Waals surface area contributed by atoms with Crippen LogP contribution in [-0.2, 0) is 0 Å². The fraction of sp³-hybridized carbons (Fsp3) is 0.500. The van der Waals surface area contributed by atoms with Crippen molar-refractivity contribution in [3.05, 3.63) is 18.2 Å². The van der Waals surface area contributed by atoms with Crippen molar-refractivity contribution in [1.82, 2.24) is 4.98 Å². The minimum absolute atomic E-state index is 0.228. The van der Waals surface area contributed by atoms with Gasteiger partial charge in [0.2, 0.25) is 0 Å². The Morgan fingerprint density at radius 2 is 2.00 bits per heavy atom. The van der Waals surface area contributed by atoms with Crippen LogP contribution in [0.25, 0.3) is 10.2 Å². The van der Waals surface area contributed by atoms with Crippen LogP contribution >= 0.6 is 11.3 Å². The van der Waals surface area contributed by atoms with Gasteiger partial charge in [-0.05, 0) is 30.5 Å². The molecule has 0 spiro atoms. The maximum absolute atomic E-state index is 5.80. The van der Waals surface area contributed by atoms with Crippen LogP contribution in [0.5, 0.6) is 0 Å². The van der Waals surface area contributed by atoms with Gasteiger partial charge in [0.25, 0.3) is 0 Å². The van der Waals surface area contributed by atoms with Gasteiger partial charge in [0.05, 0.1) is 10.2 Å². The lowest BCUT2D eigenvalue weighted by atomic mass is 9.87. The Balaban J connectivity index is 2.36. The molecule has 1 atom stereocenters. The molecular formula is C14H21N3S. The van der Waals surface area contributed by atoms with Crippen LogP contribution in [0.4, 0.5) is 10.8 Å². The van der Waals surface area contributed by atoms with Gasteiger partial charge in [-0.15, -0.1) is 0 Å². The lowest BCUT2D eigenvalue weighted by molar-refractivity contribution is 0.329. The number of hydrogen-bond acceptors (Lipinski definition) is 4. The standard InChI is InChI=1S/C14H21N3S/c1-9(14(2,3)4)17(5)13-16-11-7-6-10(15)8-12(11)18-13/h6-9H,15H2,1-5H3. The molecule has 0 aliphatic heterocycles. The van der Waals surface area contributed by atoms with E-state index in [2.05, 4.69) is 44.6 Å². The van der Waals surface area contributed by atoms with E-state index in [1.165, 1.54) is 0 Å². The van der Waals surface area contributed by atoms with Gasteiger partial charge in [-0.3, -0.25) is 0 Å². The smallest absolute Gasteiger partial charge is 0.186 e. The molecule has 1 heterocycles. The predicted molar refractivity (Wildman–Crippen MR) is 81.4 cm³/mol. The topological polar surface area (TPSA) is 42.2 Å². The van der Waals surface area contributed by atoms with Crippen molar-refractivity contribution in [2.75, 3.05) is 17.7 Å². The van der Waals surface area contributed by atoms with Gasteiger partial charge in [0.1, 0.15) is 0 Å². The maximum atomic E-state index is 5.80. The monoisotopic (exact) mass is 263 g/mol. The number of nitrogen functional groups attached to an aromatic ring is 1. The molecule has 0 saturated carbocycles. The van der Waals surface area contributed by atoms with Crippen LogP contribution in [0.15, 0.2) is 18.2 Å². The second-order valence-corrected chi connectivity index (χ2v) is 6.89. The van der Waals surface area contributed by atoms with Crippen molar-refractivity contribution in [1.29, 1.82) is 0 Å². The van der Waals surface area contributed by atoms with E-state index in [0.717, 1.165) is 21.0 Å². The van der Waals surface area contributed by atoms with E-state index < -0.39 is 0 Å². The number of nitrogens with zero attached hydrogens (tertiary/aromatic N) is 2. The molecule has 4 heteroatoms. The number of fused-ring (bicyclic) bond motifs is 1. The fourth-order valence-electron chi connectivity index (χ4n) is 1.83. The highest BCUT2D eigenvalue weighted by atomic mass is 32.1. The fourth-order valence-corrected chi connectivity index (χ4v) is 2.88. The Morgan fingerprint density at radius 3 is 2.61 bits per heavy atom. The quantitative estimate of drug-likeness (QED) is 0.839. The van der Waals surface area contributed by atoms with E-state index in [1.807, 2.05) is 18.2 Å². The second kappa shape index (κ2) is 4.43. The molecule has 0 saturated heterocycles. The predicted octanol–water partition coefficient (Wildman–Crippen LogP) is 3.75. The minimum atomic E-state index is 0.228. The Bertz CT molecular complexity index is 554. The third kappa shape index (κ3) is 2.43. The van der Waals surface area contributed by atoms with Gasteiger partial charge in [-0.1, -0.05) is 32.1 Å². The van der Waals surface area contributed by atoms with Crippen molar-refractivity contribution in [2.45, 2.75) is 33.7 Å². The normalized spacial score (nSPS) is 13.8. The summed E-state index contributed by atoms with van der Waals surface area (Å²) in [6.07, 6.45) is 0. The Morgan fingerprint density at radius 1 is 1.33 bits per heavy atom. The zero-order valence-electron chi connectivity index (χ0n) is 11.7. The van der Waals surface area contributed by atoms with Crippen molar-refractivity contribution in [2.24, 2.45) is 5.41 Å². The van der Waals surface area contributed by atoms with Gasteiger partial charge in [-0.2, -0.15) is 0 Å². The molecule has 2 rings (SSSR count). The first-order chi connectivity index (χ1) is 8.29. The summed E-state index contributed by atoms with van der Waals surface area (Å²) in [5.74, 6) is 0. The van der Waals surface area contributed by atoms with E-state index in [1.54, 1.807) is 11.3 Å². The summed E-state index contributed by atoms with van der Waals surface area (Å²) in [4.78, 5) is 6.93. The van der Waals surface area contributed by atoms with Crippen LogP contribution in [0.3, 0.4) is 0 Å². The first-order valence-electron chi connectivity index (χ1n) is 6.18. The number of anilines is 2. The summed E-state index contributed by atoms with van der Waals surface area (Å²) in [5.41, 5.74) is 7.85. The molecule has 0 aliphatic rings. The van der Waals surface area contributed by atoms with Crippen LogP contribution < -0.4 is 10.6 Å². The lowest BCUT2D eigenvalue weighted by Gasteiger charge is -2.35. The number of thiazole rings is 1. The highest BCUT2D eigenvalue weighted by Crippen LogP contribution is 2.33. The van der Waals surface area contributed by atoms with Crippen LogP contribution in [0, 0.1) is 5.41 Å². The summed E-state index contributed by atoms with van der Waals surface area (Å²) in [6.45, 7) is 8.98. The van der Waals surface area contributed by atoms with Gasteiger partial charge in [0, 0.05) is 18.8 Å². The largest absolute Gasteiger partial charge is 0.399 e. The van der Waals surface area contributed by atoms with Gasteiger partial charge in [0.15, 0.2) is 5.13 Å². The first kappa shape index (κ1) is 13.1. The molecular weight excluding hydrogens is 242 g/mol. The third-order valence-electron chi connectivity index (χ3n) is 3.54. The zero-order chi connectivity index (χ0) is 13.5. The molecule has 1 unspecified atom stereocenters. The summed E-state index contributed by atoms with van der Waals surface area (Å²) in [5, 5.41) is 1.05. The van der Waals surface area contributed by atoms with Gasteiger partial charge in [-0.25, -0.2) is 4.98 Å². The second-order valence-electron chi connectivity index (χ2n) is 5.88. The molecule has 0 fully saturated rings. The van der Waals surface area contributed by atoms with E-state index >= 15 is 0 Å². The van der Waals surface area contributed by atoms with Gasteiger partial charge < -0.3 is 10.6 Å². The molecule has 1 aromatic carbocycles. The molecule has 2 N–H and O–H groups in total. The SMILES string of the molecule is CC(N(C)c1nc2ccc(N)cc2s1)C(C)(C)C. The molecule has 2 aromatic rings. The Kier molecular flexibility index (Phi) is 3.23. The average molecular weight is 263 g/mol. The number of nitrogens with two attached hydrogens (primary N) is 1. The number of rotatable bonds is 2. The summed E-state index contributed by atoms with van der Waals surface area (Å²) >= 11 is 1.70. The molecule has 0 amide bonds. The lowest BCUT2D eigenvalue weighted by Crippen LogP contribution is -2.39. The Labute approximate surface area is 113 Å². The minimum Gasteiger partial charge on any atom is -0.399 e. The average Bonchev–Trinajstić information content (AvgIpc) is 2.68. The molecule has 98 valence electrons. The molecule has 18 heavy (non-hydrogen) atoms. The van der Waals surface area contributed by atoms with Gasteiger partial charge >= 0.3 is 0 Å². The van der Waals surface area contributed by atoms with Crippen molar-refractivity contribution < 1.29 is 0 Å². The van der Waals surface area contributed by atoms with E-state index in [0.29, 0.717) is 6.04 Å². The van der Waals surface area contributed by atoms with E-state index in [9.17, 15) is 0 Å². The molecule has 3 nitrogen and oxygen atoms in total. The van der Waals surface area contributed by atoms with E-state index in [-0.39, 0.29) is 5.41 Å². The maximum Gasteiger partial charge on any atom is 0.186 e. The third-order valence-corrected chi connectivity index (χ3v) is 4.65. The summed E-state index contributed by atoms with van der Waals surface area (Å²) < 4.78 is 1.15. The first-order valence-corrected chi connectivity index (χ1v) is 6.99. The number of benzene rings is 1. The highest BCUT2D eigenvalue weighted by Gasteiger charge is 2.25. The van der Waals surface area contributed by atoms with Crippen LogP contribution in [0.2, 0.25) is 0 Å². The van der Waals surface area contributed by atoms with Crippen LogP contribution in [-0.4, -0.2) is 18.1 Å².